The van der Waals surface area contributed by atoms with E-state index in [9.17, 15) is 9.59 Å². The number of carbonyl (C=O) groups is 2. The lowest BCUT2D eigenvalue weighted by Gasteiger charge is -2.35. The summed E-state index contributed by atoms with van der Waals surface area (Å²) in [6.07, 6.45) is 7.07. The van der Waals surface area contributed by atoms with Crippen molar-refractivity contribution >= 4 is 35.0 Å². The number of halogens is 2. The maximum atomic E-state index is 13.8. The SMILES string of the molecule is COc1ccc(CCN(Cc2ccco2)C(=O)CN(C(=O)c2cc(Cl)cc(Cl)c2)C2CCCCC2)cc1OC. The van der Waals surface area contributed by atoms with Crippen molar-refractivity contribution in [1.29, 1.82) is 0 Å². The Hall–Kier alpha value is -3.16. The molecule has 39 heavy (non-hydrogen) atoms. The average Bonchev–Trinajstić information content (AvgIpc) is 3.46. The Morgan fingerprint density at radius 1 is 0.949 bits per heavy atom. The molecule has 9 heteroatoms. The summed E-state index contributed by atoms with van der Waals surface area (Å²) in [6, 6.07) is 14.1. The van der Waals surface area contributed by atoms with Crippen LogP contribution in [0.4, 0.5) is 0 Å². The van der Waals surface area contributed by atoms with Gasteiger partial charge in [0.05, 0.1) is 27.0 Å². The van der Waals surface area contributed by atoms with Crippen LogP contribution < -0.4 is 9.47 Å². The molecule has 1 fully saturated rings. The van der Waals surface area contributed by atoms with Crippen LogP contribution in [0.1, 0.15) is 53.8 Å². The Morgan fingerprint density at radius 2 is 1.67 bits per heavy atom. The minimum atomic E-state index is -0.238. The number of nitrogens with zero attached hydrogens (tertiary/aromatic N) is 2. The summed E-state index contributed by atoms with van der Waals surface area (Å²) in [5.41, 5.74) is 1.38. The van der Waals surface area contributed by atoms with Crippen LogP contribution in [0.2, 0.25) is 10.0 Å². The molecule has 1 aliphatic carbocycles. The molecular weight excluding hydrogens is 539 g/mol. The number of ether oxygens (including phenoxy) is 2. The van der Waals surface area contributed by atoms with E-state index in [1.54, 1.807) is 54.5 Å². The van der Waals surface area contributed by atoms with E-state index in [1.807, 2.05) is 24.3 Å². The molecule has 0 aliphatic heterocycles. The first-order valence-electron chi connectivity index (χ1n) is 13.2. The fourth-order valence-corrected chi connectivity index (χ4v) is 5.56. The first-order chi connectivity index (χ1) is 18.9. The molecule has 7 nitrogen and oxygen atoms in total. The van der Waals surface area contributed by atoms with Crippen molar-refractivity contribution in [3.05, 3.63) is 81.7 Å². The van der Waals surface area contributed by atoms with Crippen molar-refractivity contribution < 1.29 is 23.5 Å². The summed E-state index contributed by atoms with van der Waals surface area (Å²) in [4.78, 5) is 31.0. The number of carbonyl (C=O) groups excluding carboxylic acids is 2. The number of hydrogen-bond acceptors (Lipinski definition) is 5. The number of methoxy groups -OCH3 is 2. The van der Waals surface area contributed by atoms with E-state index in [2.05, 4.69) is 0 Å². The summed E-state index contributed by atoms with van der Waals surface area (Å²) < 4.78 is 16.3. The molecule has 1 aliphatic rings. The summed E-state index contributed by atoms with van der Waals surface area (Å²) in [5, 5.41) is 0.769. The van der Waals surface area contributed by atoms with Crippen LogP contribution in [0.3, 0.4) is 0 Å². The predicted octanol–water partition coefficient (Wildman–Crippen LogP) is 6.65. The normalized spacial score (nSPS) is 13.6. The lowest BCUT2D eigenvalue weighted by Crippen LogP contribution is -2.48. The zero-order valence-electron chi connectivity index (χ0n) is 22.3. The van der Waals surface area contributed by atoms with Gasteiger partial charge in [0.2, 0.25) is 5.91 Å². The predicted molar refractivity (Wildman–Crippen MR) is 152 cm³/mol. The molecule has 2 aromatic carbocycles. The van der Waals surface area contributed by atoms with Crippen LogP contribution in [-0.2, 0) is 17.8 Å². The Kier molecular flexibility index (Phi) is 10.2. The third-order valence-electron chi connectivity index (χ3n) is 7.09. The van der Waals surface area contributed by atoms with E-state index in [4.69, 9.17) is 37.1 Å². The van der Waals surface area contributed by atoms with Gasteiger partial charge < -0.3 is 23.7 Å². The first kappa shape index (κ1) is 28.8. The van der Waals surface area contributed by atoms with Gasteiger partial charge in [0, 0.05) is 28.2 Å². The highest BCUT2D eigenvalue weighted by atomic mass is 35.5. The standard InChI is InChI=1S/C30H34Cl2N2O5/c1-37-27-11-10-21(15-28(27)38-2)12-13-33(19-26-9-6-14-39-26)29(35)20-34(25-7-4-3-5-8-25)30(36)22-16-23(31)18-24(32)17-22/h6,9-11,14-18,25H,3-5,7-8,12-13,19-20H2,1-2H3. The summed E-state index contributed by atoms with van der Waals surface area (Å²) in [6.45, 7) is 0.694. The van der Waals surface area contributed by atoms with Gasteiger partial charge in [0.25, 0.3) is 5.91 Å². The third kappa shape index (κ3) is 7.70. The van der Waals surface area contributed by atoms with Gasteiger partial charge in [0.15, 0.2) is 11.5 Å². The Morgan fingerprint density at radius 3 is 2.31 bits per heavy atom. The molecule has 0 bridgehead atoms. The van der Waals surface area contributed by atoms with E-state index in [-0.39, 0.29) is 24.4 Å². The molecule has 1 aromatic heterocycles. The highest BCUT2D eigenvalue weighted by Gasteiger charge is 2.30. The van der Waals surface area contributed by atoms with Crippen LogP contribution in [0.5, 0.6) is 11.5 Å². The molecule has 4 rings (SSSR count). The Balaban J connectivity index is 1.56. The number of furan rings is 1. The van der Waals surface area contributed by atoms with Gasteiger partial charge >= 0.3 is 0 Å². The summed E-state index contributed by atoms with van der Waals surface area (Å²) >= 11 is 12.4. The minimum absolute atomic E-state index is 0.0238. The van der Waals surface area contributed by atoms with Crippen molar-refractivity contribution in [2.24, 2.45) is 0 Å². The summed E-state index contributed by atoms with van der Waals surface area (Å²) in [7, 11) is 3.19. The second-order valence-electron chi connectivity index (χ2n) is 9.72. The molecule has 208 valence electrons. The molecule has 0 radical (unpaired) electrons. The van der Waals surface area contributed by atoms with Crippen molar-refractivity contribution in [3.8, 4) is 11.5 Å². The molecule has 0 saturated heterocycles. The molecule has 0 unspecified atom stereocenters. The zero-order valence-corrected chi connectivity index (χ0v) is 23.8. The fraction of sp³-hybridized carbons (Fsp3) is 0.400. The molecule has 0 N–H and O–H groups in total. The quantitative estimate of drug-likeness (QED) is 0.257. The molecular formula is C30H34Cl2N2O5. The Labute approximate surface area is 239 Å². The van der Waals surface area contributed by atoms with Gasteiger partial charge in [-0.15, -0.1) is 0 Å². The van der Waals surface area contributed by atoms with E-state index in [0.717, 1.165) is 37.7 Å². The van der Waals surface area contributed by atoms with Crippen LogP contribution in [0.15, 0.2) is 59.2 Å². The van der Waals surface area contributed by atoms with Crippen LogP contribution in [0.25, 0.3) is 0 Å². The molecule has 0 atom stereocenters. The van der Waals surface area contributed by atoms with E-state index >= 15 is 0 Å². The maximum Gasteiger partial charge on any atom is 0.254 e. The lowest BCUT2D eigenvalue weighted by atomic mass is 9.93. The highest BCUT2D eigenvalue weighted by molar-refractivity contribution is 6.35. The van der Waals surface area contributed by atoms with Crippen molar-refractivity contribution in [2.45, 2.75) is 51.1 Å². The van der Waals surface area contributed by atoms with Gasteiger partial charge in [0.1, 0.15) is 12.3 Å². The minimum Gasteiger partial charge on any atom is -0.493 e. The number of benzene rings is 2. The van der Waals surface area contributed by atoms with E-state index in [0.29, 0.717) is 52.4 Å². The number of amides is 2. The second kappa shape index (κ2) is 13.8. The van der Waals surface area contributed by atoms with E-state index in [1.165, 1.54) is 0 Å². The van der Waals surface area contributed by atoms with Gasteiger partial charge in [-0.25, -0.2) is 0 Å². The summed E-state index contributed by atoms with van der Waals surface area (Å²) in [5.74, 6) is 1.56. The first-order valence-corrected chi connectivity index (χ1v) is 13.9. The number of hydrogen-bond donors (Lipinski definition) is 0. The third-order valence-corrected chi connectivity index (χ3v) is 7.53. The molecule has 2 amide bonds. The largest absolute Gasteiger partial charge is 0.493 e. The van der Waals surface area contributed by atoms with Gasteiger partial charge in [-0.05, 0) is 67.3 Å². The van der Waals surface area contributed by atoms with E-state index < -0.39 is 0 Å². The van der Waals surface area contributed by atoms with Gasteiger partial charge in [-0.3, -0.25) is 9.59 Å². The number of rotatable bonds is 11. The van der Waals surface area contributed by atoms with Crippen LogP contribution in [0, 0.1) is 0 Å². The second-order valence-corrected chi connectivity index (χ2v) is 10.6. The fourth-order valence-electron chi connectivity index (χ4n) is 5.03. The van der Waals surface area contributed by atoms with Gasteiger partial charge in [-0.1, -0.05) is 48.5 Å². The monoisotopic (exact) mass is 572 g/mol. The molecule has 1 heterocycles. The van der Waals surface area contributed by atoms with Gasteiger partial charge in [-0.2, -0.15) is 0 Å². The maximum absolute atomic E-state index is 13.8. The molecule has 3 aromatic rings. The molecule has 1 saturated carbocycles. The Bertz CT molecular complexity index is 1240. The van der Waals surface area contributed by atoms with Crippen molar-refractivity contribution in [2.75, 3.05) is 27.3 Å². The van der Waals surface area contributed by atoms with Crippen LogP contribution >= 0.6 is 23.2 Å². The van der Waals surface area contributed by atoms with Crippen molar-refractivity contribution in [3.63, 3.8) is 0 Å². The van der Waals surface area contributed by atoms with Crippen molar-refractivity contribution in [1.82, 2.24) is 9.80 Å². The average molecular weight is 574 g/mol. The highest BCUT2D eigenvalue weighted by Crippen LogP contribution is 2.29. The topological polar surface area (TPSA) is 72.2 Å². The van der Waals surface area contributed by atoms with Crippen LogP contribution in [-0.4, -0.2) is 55.0 Å². The zero-order chi connectivity index (χ0) is 27.8. The lowest BCUT2D eigenvalue weighted by molar-refractivity contribution is -0.133. The molecule has 0 spiro atoms. The smallest absolute Gasteiger partial charge is 0.254 e.